The van der Waals surface area contributed by atoms with Gasteiger partial charge in [-0.3, -0.25) is 9.78 Å². The Labute approximate surface area is 127 Å². The lowest BCUT2D eigenvalue weighted by molar-refractivity contribution is 0.0727. The summed E-state index contributed by atoms with van der Waals surface area (Å²) in [5.41, 5.74) is 0.575. The SMILES string of the molecule is O=C(c1cccnc1)N1N=CCC1CSc1ccccc1. The number of benzene rings is 1. The van der Waals surface area contributed by atoms with Crippen molar-refractivity contribution in [3.63, 3.8) is 0 Å². The zero-order valence-corrected chi connectivity index (χ0v) is 12.2. The second-order valence-corrected chi connectivity index (χ2v) is 5.80. The number of nitrogens with zero attached hydrogens (tertiary/aromatic N) is 3. The monoisotopic (exact) mass is 297 g/mol. The molecule has 1 aliphatic rings. The maximum atomic E-state index is 12.4. The van der Waals surface area contributed by atoms with E-state index in [1.165, 1.54) is 4.90 Å². The number of carbonyl (C=O) groups is 1. The number of thioether (sulfide) groups is 1. The lowest BCUT2D eigenvalue weighted by Gasteiger charge is -2.21. The summed E-state index contributed by atoms with van der Waals surface area (Å²) in [6.45, 7) is 0. The third kappa shape index (κ3) is 3.31. The van der Waals surface area contributed by atoms with E-state index in [-0.39, 0.29) is 11.9 Å². The molecule has 0 saturated carbocycles. The fraction of sp³-hybridized carbons (Fsp3) is 0.188. The van der Waals surface area contributed by atoms with Crippen molar-refractivity contribution in [2.24, 2.45) is 5.10 Å². The Kier molecular flexibility index (Phi) is 4.31. The molecule has 1 aromatic carbocycles. The molecular formula is C16H15N3OS. The topological polar surface area (TPSA) is 45.6 Å². The first-order chi connectivity index (χ1) is 10.3. The summed E-state index contributed by atoms with van der Waals surface area (Å²) in [5, 5.41) is 5.80. The number of pyridine rings is 1. The number of aromatic nitrogens is 1. The van der Waals surface area contributed by atoms with E-state index >= 15 is 0 Å². The predicted octanol–water partition coefficient (Wildman–Crippen LogP) is 3.07. The molecule has 106 valence electrons. The molecule has 1 amide bonds. The molecule has 3 rings (SSSR count). The normalized spacial score (nSPS) is 17.1. The molecule has 2 heterocycles. The van der Waals surface area contributed by atoms with E-state index in [1.807, 2.05) is 24.4 Å². The van der Waals surface area contributed by atoms with Crippen LogP contribution in [0.15, 0.2) is 64.9 Å². The third-order valence-corrected chi connectivity index (χ3v) is 4.39. The number of hydrazone groups is 1. The minimum atomic E-state index is -0.0875. The van der Waals surface area contributed by atoms with Gasteiger partial charge in [0.2, 0.25) is 0 Å². The van der Waals surface area contributed by atoms with Crippen molar-refractivity contribution in [2.75, 3.05) is 5.75 Å². The second kappa shape index (κ2) is 6.54. The van der Waals surface area contributed by atoms with Crippen molar-refractivity contribution >= 4 is 23.9 Å². The van der Waals surface area contributed by atoms with Gasteiger partial charge in [-0.15, -0.1) is 11.8 Å². The van der Waals surface area contributed by atoms with Gasteiger partial charge >= 0.3 is 0 Å². The molecule has 1 aromatic heterocycles. The van der Waals surface area contributed by atoms with Crippen molar-refractivity contribution in [3.05, 3.63) is 60.4 Å². The Balaban J connectivity index is 1.65. The summed E-state index contributed by atoms with van der Waals surface area (Å²) in [6, 6.07) is 13.8. The van der Waals surface area contributed by atoms with Crippen LogP contribution in [0.4, 0.5) is 0 Å². The number of amides is 1. The first-order valence-electron chi connectivity index (χ1n) is 6.78. The lowest BCUT2D eigenvalue weighted by Crippen LogP contribution is -2.34. The van der Waals surface area contributed by atoms with Crippen molar-refractivity contribution in [2.45, 2.75) is 17.4 Å². The Morgan fingerprint density at radius 3 is 2.86 bits per heavy atom. The first kappa shape index (κ1) is 13.8. The standard InChI is InChI=1S/C16H15N3OS/c20-16(13-5-4-9-17-11-13)19-14(8-10-18-19)12-21-15-6-2-1-3-7-15/h1-7,9-11,14H,8,12H2. The summed E-state index contributed by atoms with van der Waals surface area (Å²) in [7, 11) is 0. The van der Waals surface area contributed by atoms with Gasteiger partial charge in [0, 0.05) is 35.7 Å². The van der Waals surface area contributed by atoms with E-state index < -0.39 is 0 Å². The van der Waals surface area contributed by atoms with Crippen molar-refractivity contribution in [1.82, 2.24) is 9.99 Å². The van der Waals surface area contributed by atoms with Gasteiger partial charge in [-0.1, -0.05) is 18.2 Å². The average Bonchev–Trinajstić information content (AvgIpc) is 3.02. The quantitative estimate of drug-likeness (QED) is 0.815. The minimum Gasteiger partial charge on any atom is -0.267 e. The third-order valence-electron chi connectivity index (χ3n) is 3.23. The second-order valence-electron chi connectivity index (χ2n) is 4.70. The van der Waals surface area contributed by atoms with Crippen LogP contribution in [0.25, 0.3) is 0 Å². The highest BCUT2D eigenvalue weighted by molar-refractivity contribution is 7.99. The Morgan fingerprint density at radius 1 is 1.24 bits per heavy atom. The number of rotatable bonds is 4. The van der Waals surface area contributed by atoms with Gasteiger partial charge in [-0.25, -0.2) is 5.01 Å². The van der Waals surface area contributed by atoms with Gasteiger partial charge in [0.05, 0.1) is 11.6 Å². The smallest absolute Gasteiger partial charge is 0.267 e. The molecule has 0 N–H and O–H groups in total. The summed E-state index contributed by atoms with van der Waals surface area (Å²) in [6.07, 6.45) is 5.85. The van der Waals surface area contributed by atoms with Gasteiger partial charge in [-0.05, 0) is 24.3 Å². The van der Waals surface area contributed by atoms with E-state index in [0.717, 1.165) is 12.2 Å². The van der Waals surface area contributed by atoms with Crippen molar-refractivity contribution in [1.29, 1.82) is 0 Å². The summed E-state index contributed by atoms with van der Waals surface area (Å²) in [4.78, 5) is 17.6. The van der Waals surface area contributed by atoms with Gasteiger partial charge in [-0.2, -0.15) is 5.10 Å². The predicted molar refractivity (Wildman–Crippen MR) is 84.5 cm³/mol. The maximum Gasteiger partial charge on any atom is 0.275 e. The Hall–Kier alpha value is -2.14. The molecule has 21 heavy (non-hydrogen) atoms. The molecule has 1 unspecified atom stereocenters. The molecular weight excluding hydrogens is 282 g/mol. The van der Waals surface area contributed by atoms with Crippen LogP contribution < -0.4 is 0 Å². The molecule has 1 atom stereocenters. The molecule has 0 aliphatic carbocycles. The first-order valence-corrected chi connectivity index (χ1v) is 7.77. The van der Waals surface area contributed by atoms with Crippen LogP contribution >= 0.6 is 11.8 Å². The fourth-order valence-electron chi connectivity index (χ4n) is 2.14. The molecule has 0 saturated heterocycles. The van der Waals surface area contributed by atoms with Crippen LogP contribution in [-0.4, -0.2) is 33.9 Å². The highest BCUT2D eigenvalue weighted by Crippen LogP contribution is 2.24. The number of carbonyl (C=O) groups excluding carboxylic acids is 1. The summed E-state index contributed by atoms with van der Waals surface area (Å²) < 4.78 is 0. The van der Waals surface area contributed by atoms with E-state index in [9.17, 15) is 4.79 Å². The number of hydrogen-bond acceptors (Lipinski definition) is 4. The van der Waals surface area contributed by atoms with Crippen LogP contribution in [-0.2, 0) is 0 Å². The maximum absolute atomic E-state index is 12.4. The van der Waals surface area contributed by atoms with E-state index in [2.05, 4.69) is 22.2 Å². The lowest BCUT2D eigenvalue weighted by atomic mass is 10.2. The molecule has 2 aromatic rings. The number of hydrogen-bond donors (Lipinski definition) is 0. The molecule has 0 bridgehead atoms. The van der Waals surface area contributed by atoms with Gasteiger partial charge in [0.25, 0.3) is 5.91 Å². The van der Waals surface area contributed by atoms with Crippen LogP contribution in [0.5, 0.6) is 0 Å². The minimum absolute atomic E-state index is 0.0875. The highest BCUT2D eigenvalue weighted by atomic mass is 32.2. The van der Waals surface area contributed by atoms with Crippen LogP contribution in [0, 0.1) is 0 Å². The van der Waals surface area contributed by atoms with Crippen LogP contribution in [0.2, 0.25) is 0 Å². The average molecular weight is 297 g/mol. The van der Waals surface area contributed by atoms with Gasteiger partial charge in [0.15, 0.2) is 0 Å². The molecule has 5 heteroatoms. The molecule has 1 aliphatic heterocycles. The molecule has 0 spiro atoms. The zero-order chi connectivity index (χ0) is 14.5. The van der Waals surface area contributed by atoms with Crippen molar-refractivity contribution < 1.29 is 4.79 Å². The van der Waals surface area contributed by atoms with Crippen LogP contribution in [0.1, 0.15) is 16.8 Å². The van der Waals surface area contributed by atoms with Crippen molar-refractivity contribution in [3.8, 4) is 0 Å². The van der Waals surface area contributed by atoms with Crippen LogP contribution in [0.3, 0.4) is 0 Å². The molecule has 0 radical (unpaired) electrons. The summed E-state index contributed by atoms with van der Waals surface area (Å²) >= 11 is 1.74. The Morgan fingerprint density at radius 2 is 2.10 bits per heavy atom. The van der Waals surface area contributed by atoms with Gasteiger partial charge in [0.1, 0.15) is 0 Å². The summed E-state index contributed by atoms with van der Waals surface area (Å²) in [5.74, 6) is 0.742. The van der Waals surface area contributed by atoms with E-state index in [0.29, 0.717) is 5.56 Å². The Bertz CT molecular complexity index is 630. The highest BCUT2D eigenvalue weighted by Gasteiger charge is 2.27. The van der Waals surface area contributed by atoms with Gasteiger partial charge < -0.3 is 0 Å². The zero-order valence-electron chi connectivity index (χ0n) is 11.4. The largest absolute Gasteiger partial charge is 0.275 e. The fourth-order valence-corrected chi connectivity index (χ4v) is 3.15. The molecule has 4 nitrogen and oxygen atoms in total. The van der Waals surface area contributed by atoms with E-state index in [1.54, 1.807) is 41.3 Å². The van der Waals surface area contributed by atoms with E-state index in [4.69, 9.17) is 0 Å². The molecule has 0 fully saturated rings.